The molecule has 34 heavy (non-hydrogen) atoms. The first-order valence-corrected chi connectivity index (χ1v) is 10.7. The first-order valence-electron chi connectivity index (χ1n) is 10.7. The summed E-state index contributed by atoms with van der Waals surface area (Å²) in [5.41, 5.74) is 4.52. The van der Waals surface area contributed by atoms with Gasteiger partial charge in [0.2, 0.25) is 0 Å². The second-order valence-corrected chi connectivity index (χ2v) is 8.50. The van der Waals surface area contributed by atoms with E-state index in [-0.39, 0.29) is 47.7 Å². The van der Waals surface area contributed by atoms with Crippen molar-refractivity contribution in [1.82, 2.24) is 4.98 Å². The number of nitriles is 1. The quantitative estimate of drug-likeness (QED) is 0.691. The van der Waals surface area contributed by atoms with Crippen LogP contribution in [0.15, 0.2) is 41.5 Å². The first kappa shape index (κ1) is 22.0. The number of amidine groups is 1. The van der Waals surface area contributed by atoms with Crippen LogP contribution in [0.25, 0.3) is 0 Å². The van der Waals surface area contributed by atoms with Crippen LogP contribution in [0.2, 0.25) is 0 Å². The minimum Gasteiger partial charge on any atom is -0.487 e. The van der Waals surface area contributed by atoms with Crippen molar-refractivity contribution in [3.63, 3.8) is 0 Å². The van der Waals surface area contributed by atoms with E-state index >= 15 is 8.78 Å². The molecule has 0 radical (unpaired) electrons. The number of fused-ring (bicyclic) bond motifs is 3. The predicted octanol–water partition coefficient (Wildman–Crippen LogP) is 2.57. The van der Waals surface area contributed by atoms with Crippen LogP contribution in [0.5, 0.6) is 5.75 Å². The van der Waals surface area contributed by atoms with E-state index in [0.29, 0.717) is 18.6 Å². The van der Waals surface area contributed by atoms with Gasteiger partial charge in [0, 0.05) is 30.0 Å². The summed E-state index contributed by atoms with van der Waals surface area (Å²) < 4.78 is 47.7. The molecule has 11 heteroatoms. The molecule has 9 nitrogen and oxygen atoms in total. The van der Waals surface area contributed by atoms with E-state index in [1.54, 1.807) is 6.07 Å². The number of anilines is 1. The fourth-order valence-corrected chi connectivity index (χ4v) is 4.63. The summed E-state index contributed by atoms with van der Waals surface area (Å²) in [6.45, 7) is -0.192. The van der Waals surface area contributed by atoms with Gasteiger partial charge in [-0.2, -0.15) is 14.0 Å². The molecule has 0 aliphatic carbocycles. The highest BCUT2D eigenvalue weighted by atomic mass is 19.3. The van der Waals surface area contributed by atoms with Crippen LogP contribution in [0, 0.1) is 17.2 Å². The molecule has 1 spiro atoms. The highest BCUT2D eigenvalue weighted by molar-refractivity contribution is 6.03. The summed E-state index contributed by atoms with van der Waals surface area (Å²) in [5, 5.41) is 11.6. The van der Waals surface area contributed by atoms with Crippen LogP contribution in [0.1, 0.15) is 34.5 Å². The Kier molecular flexibility index (Phi) is 5.32. The van der Waals surface area contributed by atoms with Crippen LogP contribution in [0.4, 0.5) is 14.5 Å². The topological polar surface area (TPSA) is 132 Å². The zero-order chi connectivity index (χ0) is 23.9. The van der Waals surface area contributed by atoms with Gasteiger partial charge in [-0.15, -0.1) is 0 Å². The van der Waals surface area contributed by atoms with E-state index in [2.05, 4.69) is 15.3 Å². The Labute approximate surface area is 193 Å². The normalized spacial score (nSPS) is 27.0. The van der Waals surface area contributed by atoms with E-state index in [1.807, 2.05) is 6.07 Å². The molecule has 3 aliphatic rings. The summed E-state index contributed by atoms with van der Waals surface area (Å²) >= 11 is 0. The number of benzene rings is 1. The molecule has 1 amide bonds. The van der Waals surface area contributed by atoms with Crippen LogP contribution in [0.3, 0.4) is 0 Å². The molecule has 3 unspecified atom stereocenters. The average Bonchev–Trinajstić information content (AvgIpc) is 2.97. The monoisotopic (exact) mass is 469 g/mol. The Morgan fingerprint density at radius 3 is 2.91 bits per heavy atom. The van der Waals surface area contributed by atoms with Crippen molar-refractivity contribution < 1.29 is 27.8 Å². The molecule has 176 valence electrons. The largest absolute Gasteiger partial charge is 0.487 e. The third-order valence-corrected chi connectivity index (χ3v) is 6.39. The van der Waals surface area contributed by atoms with Crippen molar-refractivity contribution in [3.8, 4) is 11.8 Å². The maximum atomic E-state index is 15.6. The van der Waals surface area contributed by atoms with Gasteiger partial charge in [0.05, 0.1) is 12.2 Å². The van der Waals surface area contributed by atoms with Crippen molar-refractivity contribution >= 4 is 17.6 Å². The zero-order valence-electron chi connectivity index (χ0n) is 18.0. The minimum absolute atomic E-state index is 0.0142. The lowest BCUT2D eigenvalue weighted by Crippen LogP contribution is -2.54. The van der Waals surface area contributed by atoms with Gasteiger partial charge in [-0.3, -0.25) is 4.79 Å². The van der Waals surface area contributed by atoms with E-state index in [1.165, 1.54) is 30.5 Å². The third kappa shape index (κ3) is 3.70. The number of aromatic nitrogens is 1. The SMILES string of the molecule is N#Cc1ccc(C(=O)Nc2ccc3c(c2)C2(CC4CCOCC4O3)N=C(N)OCC2(F)F)nc1. The van der Waals surface area contributed by atoms with Crippen molar-refractivity contribution in [1.29, 1.82) is 5.26 Å². The summed E-state index contributed by atoms with van der Waals surface area (Å²) in [7, 11) is 0. The molecular weight excluding hydrogens is 448 g/mol. The van der Waals surface area contributed by atoms with Crippen LogP contribution in [-0.2, 0) is 15.0 Å². The van der Waals surface area contributed by atoms with E-state index < -0.39 is 30.1 Å². The maximum Gasteiger partial charge on any atom is 0.310 e. The highest BCUT2D eigenvalue weighted by Crippen LogP contribution is 2.54. The van der Waals surface area contributed by atoms with Crippen molar-refractivity contribution in [2.24, 2.45) is 16.6 Å². The number of hydrogen-bond donors (Lipinski definition) is 2. The number of carbonyl (C=O) groups excluding carboxylic acids is 1. The van der Waals surface area contributed by atoms with E-state index in [0.717, 1.165) is 0 Å². The van der Waals surface area contributed by atoms with Gasteiger partial charge in [0.25, 0.3) is 11.9 Å². The molecule has 1 fully saturated rings. The van der Waals surface area contributed by atoms with Crippen molar-refractivity contribution in [3.05, 3.63) is 53.3 Å². The van der Waals surface area contributed by atoms with Gasteiger partial charge >= 0.3 is 5.92 Å². The highest BCUT2D eigenvalue weighted by Gasteiger charge is 2.62. The molecule has 0 bridgehead atoms. The van der Waals surface area contributed by atoms with Crippen LogP contribution in [-0.4, -0.2) is 48.8 Å². The Balaban J connectivity index is 1.56. The molecule has 2 aromatic rings. The maximum absolute atomic E-state index is 15.6. The lowest BCUT2D eigenvalue weighted by molar-refractivity contribution is -0.134. The Morgan fingerprint density at radius 1 is 1.29 bits per heavy atom. The van der Waals surface area contributed by atoms with Crippen LogP contribution < -0.4 is 15.8 Å². The molecular formula is C23H21F2N5O4. The van der Waals surface area contributed by atoms with Crippen molar-refractivity contribution in [2.45, 2.75) is 30.4 Å². The lowest BCUT2D eigenvalue weighted by atomic mass is 9.74. The molecule has 3 atom stereocenters. The number of nitrogens with zero attached hydrogens (tertiary/aromatic N) is 3. The molecule has 4 heterocycles. The van der Waals surface area contributed by atoms with Gasteiger partial charge in [-0.1, -0.05) is 0 Å². The molecule has 1 saturated heterocycles. The summed E-state index contributed by atoms with van der Waals surface area (Å²) in [4.78, 5) is 20.8. The van der Waals surface area contributed by atoms with Gasteiger partial charge in [0.1, 0.15) is 23.6 Å². The standard InChI is InChI=1S/C23H21F2N5O4/c24-23(25)12-33-21(27)30-22(23)8-14-5-6-32-11-19(14)34-18-4-2-15(7-16(18)22)29-20(31)17-3-1-13(9-26)10-28-17/h1-4,7,10,14,19H,5-6,8,11-12H2,(H2,27,30)(H,29,31). The number of hydrogen-bond acceptors (Lipinski definition) is 8. The zero-order valence-corrected chi connectivity index (χ0v) is 18.0. The number of amides is 1. The number of aliphatic imine (C=N–C) groups is 1. The number of pyridine rings is 1. The van der Waals surface area contributed by atoms with E-state index in [9.17, 15) is 4.79 Å². The third-order valence-electron chi connectivity index (χ3n) is 6.39. The lowest BCUT2D eigenvalue weighted by Gasteiger charge is -2.41. The number of rotatable bonds is 2. The average molecular weight is 469 g/mol. The molecule has 1 aromatic heterocycles. The van der Waals surface area contributed by atoms with Crippen LogP contribution >= 0.6 is 0 Å². The predicted molar refractivity (Wildman–Crippen MR) is 116 cm³/mol. The first-order chi connectivity index (χ1) is 16.3. The number of halogens is 2. The fraction of sp³-hybridized carbons (Fsp3) is 0.391. The van der Waals surface area contributed by atoms with Gasteiger partial charge in [0.15, 0.2) is 12.1 Å². The number of carbonyl (C=O) groups is 1. The van der Waals surface area contributed by atoms with Gasteiger partial charge in [-0.05, 0) is 43.2 Å². The molecule has 0 saturated carbocycles. The summed E-state index contributed by atoms with van der Waals surface area (Å²) in [6.07, 6.45) is 1.39. The van der Waals surface area contributed by atoms with E-state index in [4.69, 9.17) is 25.2 Å². The second kappa shape index (κ2) is 8.22. The van der Waals surface area contributed by atoms with Gasteiger partial charge in [-0.25, -0.2) is 9.98 Å². The second-order valence-electron chi connectivity index (χ2n) is 8.50. The van der Waals surface area contributed by atoms with Gasteiger partial charge < -0.3 is 25.3 Å². The molecule has 5 rings (SSSR count). The number of ether oxygens (including phenoxy) is 3. The summed E-state index contributed by atoms with van der Waals surface area (Å²) in [6, 6.07) is 9.01. The number of alkyl halides is 2. The molecule has 1 aromatic carbocycles. The summed E-state index contributed by atoms with van der Waals surface area (Å²) in [5.74, 6) is -3.94. The van der Waals surface area contributed by atoms with Crippen molar-refractivity contribution in [2.75, 3.05) is 25.1 Å². The fourth-order valence-electron chi connectivity index (χ4n) is 4.63. The smallest absolute Gasteiger partial charge is 0.310 e. The Morgan fingerprint density at radius 2 is 2.15 bits per heavy atom. The Hall–Kier alpha value is -3.78. The molecule has 3 aliphatic heterocycles. The number of nitrogens with one attached hydrogen (secondary N) is 1. The Bertz CT molecular complexity index is 1200. The molecule has 3 N–H and O–H groups in total. The minimum atomic E-state index is -3.38. The number of nitrogens with two attached hydrogens (primary N) is 1.